The molecule has 1 saturated heterocycles. The fourth-order valence-electron chi connectivity index (χ4n) is 2.35. The van der Waals surface area contributed by atoms with E-state index in [2.05, 4.69) is 5.32 Å². The summed E-state index contributed by atoms with van der Waals surface area (Å²) >= 11 is 0. The number of carbonyl (C=O) groups excluding carboxylic acids is 1. The summed E-state index contributed by atoms with van der Waals surface area (Å²) < 4.78 is 0. The first-order valence-corrected chi connectivity index (χ1v) is 6.31. The van der Waals surface area contributed by atoms with Crippen molar-refractivity contribution in [3.05, 3.63) is 30.3 Å². The Labute approximate surface area is 103 Å². The summed E-state index contributed by atoms with van der Waals surface area (Å²) in [6, 6.07) is 9.94. The Morgan fingerprint density at radius 1 is 1.29 bits per heavy atom. The zero-order chi connectivity index (χ0) is 12.1. The lowest BCUT2D eigenvalue weighted by Crippen LogP contribution is -2.38. The molecule has 0 saturated carbocycles. The molecule has 92 valence electrons. The number of benzene rings is 1. The number of hydrogen-bond acceptors (Lipinski definition) is 2. The molecule has 1 aromatic rings. The smallest absolute Gasteiger partial charge is 0.223 e. The Hall–Kier alpha value is -1.35. The maximum atomic E-state index is 11.7. The van der Waals surface area contributed by atoms with Crippen LogP contribution >= 0.6 is 0 Å². The number of amides is 1. The standard InChI is InChI=1S/C14H20N2O/c1-12(17)16(14-5-3-2-4-6-14)11-13-7-9-15-10-8-13/h2-6,13,15H,7-11H2,1H3. The average Bonchev–Trinajstić information content (AvgIpc) is 2.38. The molecule has 1 heterocycles. The molecule has 2 rings (SSSR count). The van der Waals surface area contributed by atoms with Gasteiger partial charge in [0.15, 0.2) is 0 Å². The lowest BCUT2D eigenvalue weighted by Gasteiger charge is -2.29. The molecule has 1 amide bonds. The average molecular weight is 232 g/mol. The van der Waals surface area contributed by atoms with Crippen LogP contribution in [-0.4, -0.2) is 25.5 Å². The van der Waals surface area contributed by atoms with Crippen molar-refractivity contribution in [2.45, 2.75) is 19.8 Å². The van der Waals surface area contributed by atoms with Gasteiger partial charge in [0.2, 0.25) is 5.91 Å². The number of para-hydroxylation sites is 1. The number of rotatable bonds is 3. The molecule has 0 atom stereocenters. The van der Waals surface area contributed by atoms with Crippen LogP contribution in [0.25, 0.3) is 0 Å². The lowest BCUT2D eigenvalue weighted by atomic mass is 9.97. The van der Waals surface area contributed by atoms with Gasteiger partial charge in [0, 0.05) is 19.2 Å². The van der Waals surface area contributed by atoms with Crippen molar-refractivity contribution in [1.29, 1.82) is 0 Å². The summed E-state index contributed by atoms with van der Waals surface area (Å²) in [7, 11) is 0. The van der Waals surface area contributed by atoms with Crippen molar-refractivity contribution in [3.8, 4) is 0 Å². The van der Waals surface area contributed by atoms with Crippen molar-refractivity contribution in [1.82, 2.24) is 5.32 Å². The Bertz CT molecular complexity index is 358. The van der Waals surface area contributed by atoms with Crippen molar-refractivity contribution < 1.29 is 4.79 Å². The van der Waals surface area contributed by atoms with Gasteiger partial charge >= 0.3 is 0 Å². The highest BCUT2D eigenvalue weighted by Crippen LogP contribution is 2.19. The molecule has 17 heavy (non-hydrogen) atoms. The van der Waals surface area contributed by atoms with Crippen molar-refractivity contribution in [2.24, 2.45) is 5.92 Å². The van der Waals surface area contributed by atoms with Crippen LogP contribution in [0.1, 0.15) is 19.8 Å². The van der Waals surface area contributed by atoms with E-state index in [1.807, 2.05) is 35.2 Å². The van der Waals surface area contributed by atoms with Crippen molar-refractivity contribution >= 4 is 11.6 Å². The zero-order valence-electron chi connectivity index (χ0n) is 10.4. The minimum atomic E-state index is 0.134. The predicted octanol–water partition coefficient (Wildman–Crippen LogP) is 2.04. The Kier molecular flexibility index (Phi) is 4.15. The summed E-state index contributed by atoms with van der Waals surface area (Å²) in [5.74, 6) is 0.759. The van der Waals surface area contributed by atoms with Crippen LogP contribution in [0, 0.1) is 5.92 Å². The van der Waals surface area contributed by atoms with Gasteiger partial charge in [-0.15, -0.1) is 0 Å². The van der Waals surface area contributed by atoms with Crippen LogP contribution in [-0.2, 0) is 4.79 Å². The van der Waals surface area contributed by atoms with Crippen LogP contribution < -0.4 is 10.2 Å². The van der Waals surface area contributed by atoms with Gasteiger partial charge in [0.05, 0.1) is 0 Å². The zero-order valence-corrected chi connectivity index (χ0v) is 10.4. The maximum absolute atomic E-state index is 11.7. The predicted molar refractivity (Wildman–Crippen MR) is 70.1 cm³/mol. The van der Waals surface area contributed by atoms with Gasteiger partial charge < -0.3 is 10.2 Å². The van der Waals surface area contributed by atoms with E-state index in [1.165, 1.54) is 0 Å². The number of anilines is 1. The maximum Gasteiger partial charge on any atom is 0.223 e. The van der Waals surface area contributed by atoms with Crippen LogP contribution in [0.3, 0.4) is 0 Å². The van der Waals surface area contributed by atoms with Crippen molar-refractivity contribution in [3.63, 3.8) is 0 Å². The van der Waals surface area contributed by atoms with E-state index in [4.69, 9.17) is 0 Å². The molecule has 1 aliphatic heterocycles. The molecular formula is C14H20N2O. The van der Waals surface area contributed by atoms with Gasteiger partial charge in [-0.3, -0.25) is 4.79 Å². The molecule has 3 heteroatoms. The van der Waals surface area contributed by atoms with Crippen LogP contribution in [0.15, 0.2) is 30.3 Å². The van der Waals surface area contributed by atoms with Gasteiger partial charge in [-0.2, -0.15) is 0 Å². The Balaban J connectivity index is 2.05. The number of hydrogen-bond donors (Lipinski definition) is 1. The highest BCUT2D eigenvalue weighted by atomic mass is 16.2. The second-order valence-corrected chi connectivity index (χ2v) is 4.66. The van der Waals surface area contributed by atoms with E-state index in [0.717, 1.165) is 38.2 Å². The lowest BCUT2D eigenvalue weighted by molar-refractivity contribution is -0.116. The molecule has 1 N–H and O–H groups in total. The van der Waals surface area contributed by atoms with Gasteiger partial charge in [-0.1, -0.05) is 18.2 Å². The Morgan fingerprint density at radius 3 is 2.53 bits per heavy atom. The molecule has 1 fully saturated rings. The van der Waals surface area contributed by atoms with Crippen LogP contribution in [0.2, 0.25) is 0 Å². The molecule has 0 radical (unpaired) electrons. The third-order valence-electron chi connectivity index (χ3n) is 3.35. The normalized spacial score (nSPS) is 16.8. The SMILES string of the molecule is CC(=O)N(CC1CCNCC1)c1ccccc1. The molecule has 0 unspecified atom stereocenters. The summed E-state index contributed by atoms with van der Waals surface area (Å²) in [6.07, 6.45) is 2.33. The van der Waals surface area contributed by atoms with Gasteiger partial charge in [-0.05, 0) is 44.0 Å². The first-order valence-electron chi connectivity index (χ1n) is 6.31. The summed E-state index contributed by atoms with van der Waals surface area (Å²) in [5.41, 5.74) is 1.01. The van der Waals surface area contributed by atoms with E-state index >= 15 is 0 Å². The van der Waals surface area contributed by atoms with E-state index in [9.17, 15) is 4.79 Å². The van der Waals surface area contributed by atoms with Gasteiger partial charge in [-0.25, -0.2) is 0 Å². The number of piperidine rings is 1. The molecule has 0 aliphatic carbocycles. The number of nitrogens with zero attached hydrogens (tertiary/aromatic N) is 1. The minimum Gasteiger partial charge on any atom is -0.317 e. The van der Waals surface area contributed by atoms with E-state index in [0.29, 0.717) is 5.92 Å². The molecular weight excluding hydrogens is 212 g/mol. The highest BCUT2D eigenvalue weighted by Gasteiger charge is 2.19. The molecule has 1 aliphatic rings. The topological polar surface area (TPSA) is 32.3 Å². The van der Waals surface area contributed by atoms with Gasteiger partial charge in [0.1, 0.15) is 0 Å². The molecule has 0 aromatic heterocycles. The second kappa shape index (κ2) is 5.82. The monoisotopic (exact) mass is 232 g/mol. The van der Waals surface area contributed by atoms with E-state index < -0.39 is 0 Å². The molecule has 1 aromatic carbocycles. The van der Waals surface area contributed by atoms with Crippen LogP contribution in [0.5, 0.6) is 0 Å². The van der Waals surface area contributed by atoms with Crippen LogP contribution in [0.4, 0.5) is 5.69 Å². The highest BCUT2D eigenvalue weighted by molar-refractivity contribution is 5.91. The Morgan fingerprint density at radius 2 is 1.94 bits per heavy atom. The van der Waals surface area contributed by atoms with Gasteiger partial charge in [0.25, 0.3) is 0 Å². The fraction of sp³-hybridized carbons (Fsp3) is 0.500. The summed E-state index contributed by atoms with van der Waals surface area (Å²) in [6.45, 7) is 4.64. The molecule has 3 nitrogen and oxygen atoms in total. The minimum absolute atomic E-state index is 0.134. The first-order chi connectivity index (χ1) is 8.27. The largest absolute Gasteiger partial charge is 0.317 e. The number of nitrogens with one attached hydrogen (secondary N) is 1. The quantitative estimate of drug-likeness (QED) is 0.865. The van der Waals surface area contributed by atoms with E-state index in [1.54, 1.807) is 6.92 Å². The fourth-order valence-corrected chi connectivity index (χ4v) is 2.35. The summed E-state index contributed by atoms with van der Waals surface area (Å²) in [5, 5.41) is 3.35. The van der Waals surface area contributed by atoms with E-state index in [-0.39, 0.29) is 5.91 Å². The second-order valence-electron chi connectivity index (χ2n) is 4.66. The first kappa shape index (κ1) is 12.1. The third-order valence-corrected chi connectivity index (χ3v) is 3.35. The van der Waals surface area contributed by atoms with Crippen molar-refractivity contribution in [2.75, 3.05) is 24.5 Å². The molecule has 0 bridgehead atoms. The number of carbonyl (C=O) groups is 1. The third kappa shape index (κ3) is 3.30. The summed E-state index contributed by atoms with van der Waals surface area (Å²) in [4.78, 5) is 13.6. The molecule has 0 spiro atoms.